The first-order valence-electron chi connectivity index (χ1n) is 16.4. The van der Waals surface area contributed by atoms with Crippen molar-refractivity contribution in [2.24, 2.45) is 16.6 Å². The van der Waals surface area contributed by atoms with Gasteiger partial charge in [-0.3, -0.25) is 9.79 Å². The number of thiazole rings is 1. The minimum absolute atomic E-state index is 0.107. The van der Waals surface area contributed by atoms with Gasteiger partial charge in [0.15, 0.2) is 0 Å². The number of nitrogens with one attached hydrogen (secondary N) is 3. The normalized spacial score (nSPS) is 16.5. The van der Waals surface area contributed by atoms with Crippen molar-refractivity contribution in [1.29, 1.82) is 0 Å². The number of carbonyl (C=O) groups is 2. The standard InChI is InChI=1S/C33H52N6O7S2/c1-20-18-26(45-7)21(2)22(3)28(20)48(43,44)39-31(34)36-15-11-14-24(27(40)30-35-16-17-47-30)37-29(41)25(19-23-12-9-8-10-13-23)38-32(42)46-33(4,5)6/h16-18,23-25,27,40H,8-15,19H2,1-7H3,(H,37,41)(H,38,42)(H3,34,36,39)/t24-,25-,27?/m0/s1. The van der Waals surface area contributed by atoms with Gasteiger partial charge in [-0.15, -0.1) is 11.3 Å². The number of aromatic nitrogens is 1. The zero-order chi connectivity index (χ0) is 35.6. The number of aliphatic hydroxyl groups is 1. The molecule has 15 heteroatoms. The fourth-order valence-corrected chi connectivity index (χ4v) is 8.13. The molecule has 0 aliphatic heterocycles. The van der Waals surface area contributed by atoms with Gasteiger partial charge in [0.1, 0.15) is 28.5 Å². The Labute approximate surface area is 288 Å². The highest BCUT2D eigenvalue weighted by Gasteiger charge is 2.32. The molecule has 0 spiro atoms. The van der Waals surface area contributed by atoms with Gasteiger partial charge in [0.25, 0.3) is 10.0 Å². The number of sulfonamides is 1. The molecule has 1 saturated carbocycles. The van der Waals surface area contributed by atoms with Crippen LogP contribution in [0.4, 0.5) is 4.79 Å². The lowest BCUT2D eigenvalue weighted by Crippen LogP contribution is -2.52. The van der Waals surface area contributed by atoms with Crippen molar-refractivity contribution in [2.75, 3.05) is 13.7 Å². The summed E-state index contributed by atoms with van der Waals surface area (Å²) >= 11 is 1.26. The van der Waals surface area contributed by atoms with E-state index in [1.807, 2.05) is 0 Å². The molecule has 1 aliphatic carbocycles. The number of aliphatic hydroxyl groups excluding tert-OH is 1. The van der Waals surface area contributed by atoms with Crippen molar-refractivity contribution >= 4 is 39.3 Å². The summed E-state index contributed by atoms with van der Waals surface area (Å²) in [7, 11) is -2.51. The molecule has 2 amide bonds. The summed E-state index contributed by atoms with van der Waals surface area (Å²) in [4.78, 5) is 35.0. The quantitative estimate of drug-likeness (QED) is 0.106. The first kappa shape index (κ1) is 39.0. The number of ether oxygens (including phenoxy) is 2. The molecule has 6 N–H and O–H groups in total. The van der Waals surface area contributed by atoms with Crippen LogP contribution < -0.4 is 25.8 Å². The van der Waals surface area contributed by atoms with E-state index in [9.17, 15) is 23.1 Å². The number of amides is 2. The maximum Gasteiger partial charge on any atom is 0.408 e. The van der Waals surface area contributed by atoms with E-state index in [1.54, 1.807) is 59.2 Å². The van der Waals surface area contributed by atoms with E-state index < -0.39 is 45.8 Å². The molecular weight excluding hydrogens is 657 g/mol. The summed E-state index contributed by atoms with van der Waals surface area (Å²) in [5.74, 6) is 0.163. The van der Waals surface area contributed by atoms with E-state index in [0.717, 1.165) is 32.1 Å². The van der Waals surface area contributed by atoms with Gasteiger partial charge in [0, 0.05) is 18.1 Å². The number of hydrogen-bond donors (Lipinski definition) is 5. The Balaban J connectivity index is 1.72. The molecule has 1 unspecified atom stereocenters. The average Bonchev–Trinajstić information content (AvgIpc) is 3.54. The minimum Gasteiger partial charge on any atom is -0.496 e. The van der Waals surface area contributed by atoms with E-state index in [2.05, 4.69) is 25.3 Å². The second kappa shape index (κ2) is 17.3. The van der Waals surface area contributed by atoms with Crippen LogP contribution >= 0.6 is 11.3 Å². The molecule has 2 aromatic rings. The number of nitrogens with two attached hydrogens (primary N) is 1. The van der Waals surface area contributed by atoms with E-state index >= 15 is 0 Å². The van der Waals surface area contributed by atoms with Gasteiger partial charge in [-0.1, -0.05) is 32.1 Å². The highest BCUT2D eigenvalue weighted by molar-refractivity contribution is 7.90. The van der Waals surface area contributed by atoms with Gasteiger partial charge < -0.3 is 30.9 Å². The van der Waals surface area contributed by atoms with Crippen LogP contribution in [0.1, 0.15) is 99.9 Å². The lowest BCUT2D eigenvalue weighted by Gasteiger charge is -2.30. The van der Waals surface area contributed by atoms with Crippen molar-refractivity contribution in [2.45, 2.75) is 122 Å². The highest BCUT2D eigenvalue weighted by atomic mass is 32.2. The molecule has 0 saturated heterocycles. The fraction of sp³-hybridized carbons (Fsp3) is 0.636. The summed E-state index contributed by atoms with van der Waals surface area (Å²) in [5, 5.41) is 19.1. The average molecular weight is 709 g/mol. The van der Waals surface area contributed by atoms with E-state index in [4.69, 9.17) is 15.2 Å². The van der Waals surface area contributed by atoms with E-state index in [-0.39, 0.29) is 29.7 Å². The van der Waals surface area contributed by atoms with Gasteiger partial charge in [0.2, 0.25) is 11.9 Å². The van der Waals surface area contributed by atoms with Crippen LogP contribution in [0.5, 0.6) is 5.75 Å². The van der Waals surface area contributed by atoms with Crippen LogP contribution in [0, 0.1) is 26.7 Å². The molecule has 1 fully saturated rings. The Morgan fingerprint density at radius 2 is 1.83 bits per heavy atom. The predicted octanol–water partition coefficient (Wildman–Crippen LogP) is 4.53. The number of methoxy groups -OCH3 is 1. The molecule has 1 aromatic carbocycles. The van der Waals surface area contributed by atoms with Gasteiger partial charge in [-0.25, -0.2) is 22.9 Å². The molecule has 0 bridgehead atoms. The first-order valence-corrected chi connectivity index (χ1v) is 18.7. The molecular formula is C33H52N6O7S2. The summed E-state index contributed by atoms with van der Waals surface area (Å²) in [6.45, 7) is 10.6. The van der Waals surface area contributed by atoms with Crippen molar-refractivity contribution in [3.63, 3.8) is 0 Å². The Kier molecular flexibility index (Phi) is 14.1. The fourth-order valence-electron chi connectivity index (χ4n) is 5.96. The first-order chi connectivity index (χ1) is 22.5. The Bertz CT molecular complexity index is 1520. The number of rotatable bonds is 14. The molecule has 1 aliphatic rings. The lowest BCUT2D eigenvalue weighted by atomic mass is 9.84. The van der Waals surface area contributed by atoms with E-state index in [1.165, 1.54) is 18.4 Å². The van der Waals surface area contributed by atoms with E-state index in [0.29, 0.717) is 40.3 Å². The third-order valence-electron chi connectivity index (χ3n) is 8.38. The topological polar surface area (TPSA) is 194 Å². The third kappa shape index (κ3) is 11.3. The van der Waals surface area contributed by atoms with Crippen molar-refractivity contribution in [1.82, 2.24) is 20.3 Å². The van der Waals surface area contributed by atoms with Crippen molar-refractivity contribution in [3.05, 3.63) is 39.3 Å². The zero-order valence-electron chi connectivity index (χ0n) is 29.1. The van der Waals surface area contributed by atoms with Crippen LogP contribution in [0.2, 0.25) is 0 Å². The van der Waals surface area contributed by atoms with Crippen LogP contribution in [-0.4, -0.2) is 67.8 Å². The molecule has 3 rings (SSSR count). The minimum atomic E-state index is -4.03. The molecule has 1 heterocycles. The van der Waals surface area contributed by atoms with Gasteiger partial charge >= 0.3 is 6.09 Å². The number of aliphatic imine (C=N–C) groups is 1. The number of hydrogen-bond acceptors (Lipinski definition) is 10. The van der Waals surface area contributed by atoms with Crippen molar-refractivity contribution < 1.29 is 32.6 Å². The Morgan fingerprint density at radius 1 is 1.15 bits per heavy atom. The lowest BCUT2D eigenvalue weighted by molar-refractivity contribution is -0.125. The molecule has 3 atom stereocenters. The number of aryl methyl sites for hydroxylation is 1. The highest BCUT2D eigenvalue weighted by Crippen LogP contribution is 2.31. The van der Waals surface area contributed by atoms with Crippen LogP contribution in [0.3, 0.4) is 0 Å². The number of guanidine groups is 1. The molecule has 0 radical (unpaired) electrons. The summed E-state index contributed by atoms with van der Waals surface area (Å²) in [5.41, 5.74) is 7.02. The van der Waals surface area contributed by atoms with Crippen LogP contribution in [0.15, 0.2) is 27.5 Å². The predicted molar refractivity (Wildman–Crippen MR) is 187 cm³/mol. The van der Waals surface area contributed by atoms with Gasteiger partial charge in [-0.05, 0) is 89.5 Å². The molecule has 48 heavy (non-hydrogen) atoms. The number of benzene rings is 1. The summed E-state index contributed by atoms with van der Waals surface area (Å²) < 4.78 is 39.6. The number of carbonyl (C=O) groups excluding carboxylic acids is 2. The largest absolute Gasteiger partial charge is 0.496 e. The summed E-state index contributed by atoms with van der Waals surface area (Å²) in [6, 6.07) is 0.0407. The second-order valence-electron chi connectivity index (χ2n) is 13.4. The molecule has 13 nitrogen and oxygen atoms in total. The SMILES string of the molecule is COc1cc(C)c(S(=O)(=O)NC(N)=NCCC[C@H](NC(=O)[C@H](CC2CCCCC2)NC(=O)OC(C)(C)C)C(O)c2nccs2)c(C)c1C. The third-order valence-corrected chi connectivity index (χ3v) is 10.9. The van der Waals surface area contributed by atoms with Crippen LogP contribution in [-0.2, 0) is 19.6 Å². The number of nitrogens with zero attached hydrogens (tertiary/aromatic N) is 2. The Morgan fingerprint density at radius 3 is 2.44 bits per heavy atom. The maximum atomic E-state index is 13.7. The summed E-state index contributed by atoms with van der Waals surface area (Å²) in [6.07, 6.45) is 6.12. The second-order valence-corrected chi connectivity index (χ2v) is 15.9. The van der Waals surface area contributed by atoms with Crippen molar-refractivity contribution in [3.8, 4) is 5.75 Å². The number of alkyl carbamates (subject to hydrolysis) is 1. The van der Waals surface area contributed by atoms with Gasteiger partial charge in [0.05, 0.1) is 18.0 Å². The molecule has 1 aromatic heterocycles. The maximum absolute atomic E-state index is 13.7. The molecule has 268 valence electrons. The monoisotopic (exact) mass is 708 g/mol. The van der Waals surface area contributed by atoms with Crippen LogP contribution in [0.25, 0.3) is 0 Å². The Hall–Kier alpha value is -3.43. The van der Waals surface area contributed by atoms with Gasteiger partial charge in [-0.2, -0.15) is 0 Å². The smallest absolute Gasteiger partial charge is 0.408 e. The zero-order valence-corrected chi connectivity index (χ0v) is 30.7.